The first-order valence-electron chi connectivity index (χ1n) is 7.80. The Kier molecular flexibility index (Phi) is 5.17. The van der Waals surface area contributed by atoms with Crippen molar-refractivity contribution >= 4 is 0 Å². The Morgan fingerprint density at radius 1 is 1.20 bits per heavy atom. The van der Waals surface area contributed by atoms with Crippen LogP contribution in [0.25, 0.3) is 0 Å². The zero-order chi connectivity index (χ0) is 14.6. The Morgan fingerprint density at radius 3 is 2.35 bits per heavy atom. The third-order valence-electron chi connectivity index (χ3n) is 4.95. The Morgan fingerprint density at radius 2 is 1.80 bits per heavy atom. The van der Waals surface area contributed by atoms with Crippen molar-refractivity contribution in [3.63, 3.8) is 0 Å². The molecule has 1 saturated heterocycles. The van der Waals surface area contributed by atoms with E-state index in [1.165, 1.54) is 18.9 Å². The number of benzene rings is 1. The van der Waals surface area contributed by atoms with Crippen molar-refractivity contribution < 1.29 is 9.50 Å². The van der Waals surface area contributed by atoms with Gasteiger partial charge in [-0.3, -0.25) is 4.90 Å². The summed E-state index contributed by atoms with van der Waals surface area (Å²) in [5.74, 6) is -0.214. The van der Waals surface area contributed by atoms with E-state index in [0.717, 1.165) is 25.9 Å². The lowest BCUT2D eigenvalue weighted by Crippen LogP contribution is -2.55. The SMILES string of the molecule is CCC(CC)(C(O)Cc1ccccc1F)N1CCCC1. The molecule has 0 aromatic heterocycles. The quantitative estimate of drug-likeness (QED) is 0.863. The molecule has 1 aromatic rings. The second kappa shape index (κ2) is 6.68. The molecule has 0 amide bonds. The smallest absolute Gasteiger partial charge is 0.126 e. The zero-order valence-corrected chi connectivity index (χ0v) is 12.6. The first kappa shape index (κ1) is 15.5. The van der Waals surface area contributed by atoms with Gasteiger partial charge in [0.25, 0.3) is 0 Å². The van der Waals surface area contributed by atoms with Gasteiger partial charge >= 0.3 is 0 Å². The maximum Gasteiger partial charge on any atom is 0.126 e. The van der Waals surface area contributed by atoms with E-state index in [2.05, 4.69) is 18.7 Å². The first-order chi connectivity index (χ1) is 9.64. The Bertz CT molecular complexity index is 425. The molecule has 0 bridgehead atoms. The standard InChI is InChI=1S/C17H26FNO/c1-3-17(4-2,19-11-7-8-12-19)16(20)13-14-9-5-6-10-15(14)18/h5-6,9-10,16,20H,3-4,7-8,11-13H2,1-2H3. The second-order valence-electron chi connectivity index (χ2n) is 5.82. The molecule has 1 aliphatic rings. The fourth-order valence-electron chi connectivity index (χ4n) is 3.60. The van der Waals surface area contributed by atoms with Gasteiger partial charge in [-0.1, -0.05) is 32.0 Å². The van der Waals surface area contributed by atoms with Gasteiger partial charge in [0.15, 0.2) is 0 Å². The molecule has 1 aliphatic heterocycles. The molecule has 2 rings (SSSR count). The van der Waals surface area contributed by atoms with E-state index >= 15 is 0 Å². The van der Waals surface area contributed by atoms with Crippen LogP contribution in [-0.4, -0.2) is 34.7 Å². The van der Waals surface area contributed by atoms with Crippen LogP contribution in [0.1, 0.15) is 45.1 Å². The van der Waals surface area contributed by atoms with E-state index in [1.54, 1.807) is 12.1 Å². The number of aliphatic hydroxyl groups is 1. The van der Waals surface area contributed by atoms with Crippen LogP contribution in [-0.2, 0) is 6.42 Å². The molecule has 1 atom stereocenters. The topological polar surface area (TPSA) is 23.5 Å². The molecular formula is C17H26FNO. The summed E-state index contributed by atoms with van der Waals surface area (Å²) in [6.07, 6.45) is 4.08. The van der Waals surface area contributed by atoms with E-state index in [-0.39, 0.29) is 11.4 Å². The molecule has 1 unspecified atom stereocenters. The van der Waals surface area contributed by atoms with Crippen molar-refractivity contribution in [3.8, 4) is 0 Å². The van der Waals surface area contributed by atoms with Crippen molar-refractivity contribution in [3.05, 3.63) is 35.6 Å². The molecule has 0 saturated carbocycles. The molecule has 112 valence electrons. The summed E-state index contributed by atoms with van der Waals surface area (Å²) in [5.41, 5.74) is 0.407. The monoisotopic (exact) mass is 279 g/mol. The number of hydrogen-bond donors (Lipinski definition) is 1. The molecule has 0 radical (unpaired) electrons. The lowest BCUT2D eigenvalue weighted by atomic mass is 9.81. The fourth-order valence-corrected chi connectivity index (χ4v) is 3.60. The highest BCUT2D eigenvalue weighted by atomic mass is 19.1. The Hall–Kier alpha value is -0.930. The molecule has 0 aliphatic carbocycles. The zero-order valence-electron chi connectivity index (χ0n) is 12.6. The summed E-state index contributed by atoms with van der Waals surface area (Å²) in [6, 6.07) is 6.77. The van der Waals surface area contributed by atoms with Gasteiger partial charge in [0.1, 0.15) is 5.82 Å². The van der Waals surface area contributed by atoms with Crippen LogP contribution in [0, 0.1) is 5.82 Å². The minimum absolute atomic E-state index is 0.210. The molecule has 3 heteroatoms. The van der Waals surface area contributed by atoms with Crippen LogP contribution in [0.2, 0.25) is 0 Å². The van der Waals surface area contributed by atoms with Gasteiger partial charge in [-0.05, 0) is 50.4 Å². The highest BCUT2D eigenvalue weighted by molar-refractivity contribution is 5.19. The predicted octanol–water partition coefficient (Wildman–Crippen LogP) is 3.38. The number of rotatable bonds is 6. The number of likely N-dealkylation sites (tertiary alicyclic amines) is 1. The average molecular weight is 279 g/mol. The van der Waals surface area contributed by atoms with E-state index in [0.29, 0.717) is 12.0 Å². The van der Waals surface area contributed by atoms with Crippen molar-refractivity contribution in [2.24, 2.45) is 0 Å². The molecule has 1 N–H and O–H groups in total. The third kappa shape index (κ3) is 2.89. The van der Waals surface area contributed by atoms with Gasteiger partial charge in [-0.2, -0.15) is 0 Å². The number of aliphatic hydroxyl groups excluding tert-OH is 1. The lowest BCUT2D eigenvalue weighted by molar-refractivity contribution is -0.0273. The highest BCUT2D eigenvalue weighted by Crippen LogP contribution is 2.33. The number of halogens is 1. The van der Waals surface area contributed by atoms with Crippen LogP contribution < -0.4 is 0 Å². The molecule has 20 heavy (non-hydrogen) atoms. The molecule has 1 fully saturated rings. The van der Waals surface area contributed by atoms with Crippen LogP contribution in [0.15, 0.2) is 24.3 Å². The van der Waals surface area contributed by atoms with Crippen molar-refractivity contribution in [1.29, 1.82) is 0 Å². The van der Waals surface area contributed by atoms with Crippen LogP contribution in [0.4, 0.5) is 4.39 Å². The summed E-state index contributed by atoms with van der Waals surface area (Å²) >= 11 is 0. The summed E-state index contributed by atoms with van der Waals surface area (Å²) in [7, 11) is 0. The first-order valence-corrected chi connectivity index (χ1v) is 7.80. The maximum atomic E-state index is 13.8. The second-order valence-corrected chi connectivity index (χ2v) is 5.82. The predicted molar refractivity (Wildman–Crippen MR) is 80.2 cm³/mol. The van der Waals surface area contributed by atoms with E-state index in [1.807, 2.05) is 6.07 Å². The van der Waals surface area contributed by atoms with Gasteiger partial charge < -0.3 is 5.11 Å². The Balaban J connectivity index is 2.18. The van der Waals surface area contributed by atoms with Crippen LogP contribution in [0.3, 0.4) is 0 Å². The fraction of sp³-hybridized carbons (Fsp3) is 0.647. The van der Waals surface area contributed by atoms with Gasteiger partial charge in [0.05, 0.1) is 6.10 Å². The molecule has 1 aromatic carbocycles. The average Bonchev–Trinajstić information content (AvgIpc) is 2.98. The number of hydrogen-bond acceptors (Lipinski definition) is 2. The summed E-state index contributed by atoms with van der Waals surface area (Å²) in [4.78, 5) is 2.42. The summed E-state index contributed by atoms with van der Waals surface area (Å²) in [5, 5.41) is 10.8. The third-order valence-corrected chi connectivity index (χ3v) is 4.95. The number of nitrogens with zero attached hydrogens (tertiary/aromatic N) is 1. The molecule has 1 heterocycles. The Labute approximate surface area is 121 Å². The molecular weight excluding hydrogens is 253 g/mol. The van der Waals surface area contributed by atoms with Crippen LogP contribution >= 0.6 is 0 Å². The largest absolute Gasteiger partial charge is 0.391 e. The summed E-state index contributed by atoms with van der Waals surface area (Å²) < 4.78 is 13.8. The van der Waals surface area contributed by atoms with Crippen molar-refractivity contribution in [1.82, 2.24) is 4.90 Å². The molecule has 2 nitrogen and oxygen atoms in total. The normalized spacial score (nSPS) is 18.4. The van der Waals surface area contributed by atoms with Gasteiger partial charge in [0, 0.05) is 12.0 Å². The van der Waals surface area contributed by atoms with E-state index < -0.39 is 6.10 Å². The van der Waals surface area contributed by atoms with E-state index in [4.69, 9.17) is 0 Å². The van der Waals surface area contributed by atoms with Gasteiger partial charge in [-0.25, -0.2) is 4.39 Å². The van der Waals surface area contributed by atoms with Crippen molar-refractivity contribution in [2.75, 3.05) is 13.1 Å². The van der Waals surface area contributed by atoms with Crippen LogP contribution in [0.5, 0.6) is 0 Å². The maximum absolute atomic E-state index is 13.8. The summed E-state index contributed by atoms with van der Waals surface area (Å²) in [6.45, 7) is 6.37. The van der Waals surface area contributed by atoms with Gasteiger partial charge in [0.2, 0.25) is 0 Å². The van der Waals surface area contributed by atoms with E-state index in [9.17, 15) is 9.50 Å². The van der Waals surface area contributed by atoms with Gasteiger partial charge in [-0.15, -0.1) is 0 Å². The lowest BCUT2D eigenvalue weighted by Gasteiger charge is -2.44. The van der Waals surface area contributed by atoms with Crippen molar-refractivity contribution in [2.45, 2.75) is 57.6 Å². The highest BCUT2D eigenvalue weighted by Gasteiger charge is 2.41. The minimum atomic E-state index is -0.521. The minimum Gasteiger partial charge on any atom is -0.391 e. The molecule has 0 spiro atoms.